The number of thiazole rings is 1. The molecule has 5 heteroatoms. The molecule has 0 saturated heterocycles. The van der Waals surface area contributed by atoms with E-state index < -0.39 is 0 Å². The van der Waals surface area contributed by atoms with E-state index in [1.807, 2.05) is 24.4 Å². The minimum Gasteiger partial charge on any atom is -0.375 e. The Morgan fingerprint density at radius 1 is 1.44 bits per heavy atom. The van der Waals surface area contributed by atoms with Crippen LogP contribution < -0.4 is 5.32 Å². The van der Waals surface area contributed by atoms with Crippen molar-refractivity contribution in [3.8, 4) is 6.07 Å². The summed E-state index contributed by atoms with van der Waals surface area (Å²) in [5.41, 5.74) is 1.31. The van der Waals surface area contributed by atoms with Crippen LogP contribution in [0, 0.1) is 11.3 Å². The van der Waals surface area contributed by atoms with Crippen LogP contribution in [-0.2, 0) is 0 Å². The normalized spacial score (nSPS) is 11.8. The number of pyridine rings is 1. The minimum absolute atomic E-state index is 0.148. The molecular weight excluding hydrogens is 220 g/mol. The lowest BCUT2D eigenvalue weighted by molar-refractivity contribution is 0.868. The van der Waals surface area contributed by atoms with E-state index in [2.05, 4.69) is 15.3 Å². The lowest BCUT2D eigenvalue weighted by atomic mass is 10.3. The maximum atomic E-state index is 8.62. The maximum Gasteiger partial charge on any atom is 0.140 e. The maximum absolute atomic E-state index is 8.62. The molecule has 2 aromatic heterocycles. The highest BCUT2D eigenvalue weighted by Gasteiger charge is 2.07. The molecular formula is C11H10N4S. The van der Waals surface area contributed by atoms with Gasteiger partial charge in [0.05, 0.1) is 17.9 Å². The van der Waals surface area contributed by atoms with Gasteiger partial charge in [-0.15, -0.1) is 11.3 Å². The molecule has 2 aromatic rings. The molecule has 1 N–H and O–H groups in total. The van der Waals surface area contributed by atoms with Crippen molar-refractivity contribution in [3.05, 3.63) is 40.6 Å². The summed E-state index contributed by atoms with van der Waals surface area (Å²) in [4.78, 5) is 8.22. The molecule has 0 aromatic carbocycles. The molecule has 4 nitrogen and oxygen atoms in total. The van der Waals surface area contributed by atoms with E-state index in [-0.39, 0.29) is 6.04 Å². The first-order valence-corrected chi connectivity index (χ1v) is 5.69. The van der Waals surface area contributed by atoms with E-state index in [0.29, 0.717) is 5.69 Å². The van der Waals surface area contributed by atoms with Crippen molar-refractivity contribution in [1.82, 2.24) is 9.97 Å². The first-order valence-electron chi connectivity index (χ1n) is 4.81. The summed E-state index contributed by atoms with van der Waals surface area (Å²) in [5.74, 6) is 0. The van der Waals surface area contributed by atoms with Crippen molar-refractivity contribution < 1.29 is 0 Å². The van der Waals surface area contributed by atoms with Crippen LogP contribution in [0.2, 0.25) is 0 Å². The van der Waals surface area contributed by atoms with Crippen molar-refractivity contribution in [2.45, 2.75) is 13.0 Å². The Hall–Kier alpha value is -1.93. The van der Waals surface area contributed by atoms with E-state index in [1.165, 1.54) is 0 Å². The molecule has 0 saturated carbocycles. The number of anilines is 1. The second-order valence-corrected chi connectivity index (χ2v) is 4.21. The first kappa shape index (κ1) is 10.6. The predicted octanol–water partition coefficient (Wildman–Crippen LogP) is 2.58. The molecule has 0 aliphatic heterocycles. The summed E-state index contributed by atoms with van der Waals surface area (Å²) >= 11 is 1.61. The number of rotatable bonds is 3. The fourth-order valence-corrected chi connectivity index (χ4v) is 1.95. The van der Waals surface area contributed by atoms with Crippen LogP contribution in [0.1, 0.15) is 23.7 Å². The fraction of sp³-hybridized carbons (Fsp3) is 0.182. The summed E-state index contributed by atoms with van der Waals surface area (Å²) in [7, 11) is 0. The summed E-state index contributed by atoms with van der Waals surface area (Å²) in [6.07, 6.45) is 3.44. The van der Waals surface area contributed by atoms with Gasteiger partial charge in [-0.1, -0.05) is 0 Å². The molecule has 2 rings (SSSR count). The lowest BCUT2D eigenvalue weighted by Gasteiger charge is -2.11. The van der Waals surface area contributed by atoms with Crippen LogP contribution in [0.3, 0.4) is 0 Å². The van der Waals surface area contributed by atoms with Gasteiger partial charge in [0.15, 0.2) is 0 Å². The number of nitriles is 1. The number of hydrogen-bond acceptors (Lipinski definition) is 5. The molecule has 0 spiro atoms. The van der Waals surface area contributed by atoms with Gasteiger partial charge in [0.25, 0.3) is 0 Å². The number of aromatic nitrogens is 2. The third-order valence-electron chi connectivity index (χ3n) is 2.08. The van der Waals surface area contributed by atoms with Crippen molar-refractivity contribution in [3.63, 3.8) is 0 Å². The van der Waals surface area contributed by atoms with E-state index in [9.17, 15) is 0 Å². The number of nitrogens with zero attached hydrogens (tertiary/aromatic N) is 3. The quantitative estimate of drug-likeness (QED) is 0.880. The van der Waals surface area contributed by atoms with Gasteiger partial charge in [-0.05, 0) is 19.1 Å². The molecule has 1 unspecified atom stereocenters. The van der Waals surface area contributed by atoms with Gasteiger partial charge in [0, 0.05) is 11.6 Å². The topological polar surface area (TPSA) is 61.6 Å². The van der Waals surface area contributed by atoms with Gasteiger partial charge in [0.1, 0.15) is 16.8 Å². The molecule has 0 amide bonds. The average Bonchev–Trinajstić information content (AvgIpc) is 2.83. The summed E-state index contributed by atoms with van der Waals surface area (Å²) in [5, 5.41) is 14.9. The number of hydrogen-bond donors (Lipinski definition) is 1. The van der Waals surface area contributed by atoms with Crippen molar-refractivity contribution in [2.24, 2.45) is 0 Å². The van der Waals surface area contributed by atoms with Crippen LogP contribution in [0.5, 0.6) is 0 Å². The van der Waals surface area contributed by atoms with Crippen LogP contribution in [-0.4, -0.2) is 9.97 Å². The predicted molar refractivity (Wildman–Crippen MR) is 63.1 cm³/mol. The van der Waals surface area contributed by atoms with Crippen molar-refractivity contribution >= 4 is 17.0 Å². The lowest BCUT2D eigenvalue weighted by Crippen LogP contribution is -2.06. The molecule has 0 radical (unpaired) electrons. The Morgan fingerprint density at radius 2 is 2.31 bits per heavy atom. The van der Waals surface area contributed by atoms with Crippen LogP contribution in [0.25, 0.3) is 0 Å². The van der Waals surface area contributed by atoms with E-state index in [1.54, 1.807) is 29.8 Å². The monoisotopic (exact) mass is 230 g/mol. The Bertz CT molecular complexity index is 484. The molecule has 0 aliphatic rings. The van der Waals surface area contributed by atoms with Gasteiger partial charge < -0.3 is 5.32 Å². The highest BCUT2D eigenvalue weighted by Crippen LogP contribution is 2.20. The molecule has 16 heavy (non-hydrogen) atoms. The molecule has 0 aliphatic carbocycles. The number of nitrogens with one attached hydrogen (secondary N) is 1. The standard InChI is InChI=1S/C11H10N4S/c1-8(11-13-4-5-16-11)15-10-3-2-9(6-12)14-7-10/h2-5,7-8,15H,1H3. The molecule has 0 bridgehead atoms. The van der Waals surface area contributed by atoms with Gasteiger partial charge >= 0.3 is 0 Å². The zero-order valence-corrected chi connectivity index (χ0v) is 9.53. The van der Waals surface area contributed by atoms with Gasteiger partial charge in [-0.25, -0.2) is 9.97 Å². The highest BCUT2D eigenvalue weighted by atomic mass is 32.1. The Labute approximate surface area is 97.6 Å². The minimum atomic E-state index is 0.148. The van der Waals surface area contributed by atoms with Crippen LogP contribution in [0.4, 0.5) is 5.69 Å². The summed E-state index contributed by atoms with van der Waals surface area (Å²) in [6.45, 7) is 2.04. The van der Waals surface area contributed by atoms with Gasteiger partial charge in [0.2, 0.25) is 0 Å². The van der Waals surface area contributed by atoms with E-state index in [4.69, 9.17) is 5.26 Å². The molecule has 0 fully saturated rings. The molecule has 2 heterocycles. The van der Waals surface area contributed by atoms with Crippen LogP contribution in [0.15, 0.2) is 29.9 Å². The average molecular weight is 230 g/mol. The SMILES string of the molecule is CC(Nc1ccc(C#N)nc1)c1nccs1. The van der Waals surface area contributed by atoms with Gasteiger partial charge in [-0.2, -0.15) is 5.26 Å². The first-order chi connectivity index (χ1) is 7.79. The zero-order chi connectivity index (χ0) is 11.4. The molecule has 1 atom stereocenters. The third kappa shape index (κ3) is 2.35. The van der Waals surface area contributed by atoms with Crippen molar-refractivity contribution in [1.29, 1.82) is 5.26 Å². The fourth-order valence-electron chi connectivity index (χ4n) is 1.31. The largest absolute Gasteiger partial charge is 0.375 e. The van der Waals surface area contributed by atoms with E-state index >= 15 is 0 Å². The Kier molecular flexibility index (Phi) is 3.13. The third-order valence-corrected chi connectivity index (χ3v) is 3.04. The van der Waals surface area contributed by atoms with Crippen LogP contribution >= 0.6 is 11.3 Å². The zero-order valence-electron chi connectivity index (χ0n) is 8.71. The van der Waals surface area contributed by atoms with E-state index in [0.717, 1.165) is 10.7 Å². The second kappa shape index (κ2) is 4.73. The molecule has 80 valence electrons. The Morgan fingerprint density at radius 3 is 2.88 bits per heavy atom. The smallest absolute Gasteiger partial charge is 0.140 e. The van der Waals surface area contributed by atoms with Gasteiger partial charge in [-0.3, -0.25) is 0 Å². The Balaban J connectivity index is 2.07. The summed E-state index contributed by atoms with van der Waals surface area (Å²) in [6, 6.07) is 5.67. The summed E-state index contributed by atoms with van der Waals surface area (Å²) < 4.78 is 0. The van der Waals surface area contributed by atoms with Crippen molar-refractivity contribution in [2.75, 3.05) is 5.32 Å². The highest BCUT2D eigenvalue weighted by molar-refractivity contribution is 7.09. The second-order valence-electron chi connectivity index (χ2n) is 3.28.